The van der Waals surface area contributed by atoms with Crippen LogP contribution in [0, 0.1) is 23.0 Å². The van der Waals surface area contributed by atoms with E-state index in [-0.39, 0.29) is 45.6 Å². The molecule has 0 aromatic heterocycles. The molecule has 31 heavy (non-hydrogen) atoms. The first-order valence-corrected chi connectivity index (χ1v) is 10.7. The smallest absolute Gasteiger partial charge is 0.317 e. The number of carboxylic acid groups (broad SMARTS) is 1. The third-order valence-electron chi connectivity index (χ3n) is 5.82. The first kappa shape index (κ1) is 23.9. The Bertz CT molecular complexity index is 996. The van der Waals surface area contributed by atoms with Crippen LogP contribution in [-0.4, -0.2) is 29.1 Å². The molecule has 3 rings (SSSR count). The van der Waals surface area contributed by atoms with Crippen molar-refractivity contribution in [1.29, 1.82) is 0 Å². The Morgan fingerprint density at radius 1 is 1.26 bits per heavy atom. The van der Waals surface area contributed by atoms with E-state index in [0.717, 1.165) is 0 Å². The van der Waals surface area contributed by atoms with Crippen LogP contribution in [0.3, 0.4) is 0 Å². The third kappa shape index (κ3) is 4.72. The number of rotatable bonds is 5. The predicted molar refractivity (Wildman–Crippen MR) is 118 cm³/mol. The van der Waals surface area contributed by atoms with E-state index in [0.29, 0.717) is 6.42 Å². The molecule has 2 aromatic rings. The lowest BCUT2D eigenvalue weighted by atomic mass is 9.69. The highest BCUT2D eigenvalue weighted by molar-refractivity contribution is 6.31. The van der Waals surface area contributed by atoms with Gasteiger partial charge in [0.1, 0.15) is 11.6 Å². The molecule has 4 nitrogen and oxygen atoms in total. The van der Waals surface area contributed by atoms with Gasteiger partial charge in [-0.1, -0.05) is 62.2 Å². The summed E-state index contributed by atoms with van der Waals surface area (Å²) in [5.74, 6) is -2.74. The first-order chi connectivity index (χ1) is 14.3. The van der Waals surface area contributed by atoms with Crippen molar-refractivity contribution in [3.63, 3.8) is 0 Å². The number of hydrogen-bond donors (Lipinski definition) is 2. The summed E-state index contributed by atoms with van der Waals surface area (Å²) in [6, 6.07) is 7.78. The lowest BCUT2D eigenvalue weighted by Gasteiger charge is -2.40. The number of hydrogen-bond acceptors (Lipinski definition) is 3. The quantitative estimate of drug-likeness (QED) is 0.594. The van der Waals surface area contributed by atoms with E-state index in [1.807, 2.05) is 20.8 Å². The van der Waals surface area contributed by atoms with Gasteiger partial charge in [-0.2, -0.15) is 0 Å². The summed E-state index contributed by atoms with van der Waals surface area (Å²) in [7, 11) is 0. The van der Waals surface area contributed by atoms with Crippen LogP contribution < -0.4 is 5.73 Å². The molecule has 0 amide bonds. The van der Waals surface area contributed by atoms with Crippen LogP contribution in [0.25, 0.3) is 0 Å². The van der Waals surface area contributed by atoms with Gasteiger partial charge in [0.25, 0.3) is 0 Å². The first-order valence-electron chi connectivity index (χ1n) is 9.98. The zero-order valence-electron chi connectivity index (χ0n) is 17.6. The summed E-state index contributed by atoms with van der Waals surface area (Å²) in [6.45, 7) is 5.98. The molecule has 1 fully saturated rings. The average molecular weight is 471 g/mol. The van der Waals surface area contributed by atoms with Crippen molar-refractivity contribution >= 4 is 29.2 Å². The predicted octanol–water partition coefficient (Wildman–Crippen LogP) is 5.62. The minimum atomic E-state index is -1.41. The van der Waals surface area contributed by atoms with Gasteiger partial charge in [-0.05, 0) is 36.0 Å². The number of halogens is 4. The highest BCUT2D eigenvalue weighted by Gasteiger charge is 2.56. The number of benzene rings is 2. The van der Waals surface area contributed by atoms with Crippen molar-refractivity contribution in [3.05, 3.63) is 69.2 Å². The van der Waals surface area contributed by atoms with Crippen LogP contribution in [-0.2, 0) is 10.3 Å². The van der Waals surface area contributed by atoms with Gasteiger partial charge >= 0.3 is 5.97 Å². The maximum Gasteiger partial charge on any atom is 0.317 e. The minimum absolute atomic E-state index is 0.106. The van der Waals surface area contributed by atoms with Gasteiger partial charge < -0.3 is 10.8 Å². The van der Waals surface area contributed by atoms with E-state index in [4.69, 9.17) is 28.9 Å². The molecule has 1 heterocycles. The molecular weight excluding hydrogens is 445 g/mol. The Morgan fingerprint density at radius 2 is 1.94 bits per heavy atom. The number of carbonyl (C=O) groups is 1. The van der Waals surface area contributed by atoms with E-state index in [9.17, 15) is 9.90 Å². The van der Waals surface area contributed by atoms with Gasteiger partial charge in [-0.25, -0.2) is 8.78 Å². The molecule has 2 aromatic carbocycles. The zero-order valence-corrected chi connectivity index (χ0v) is 19.1. The lowest BCUT2D eigenvalue weighted by molar-refractivity contribution is -0.138. The molecule has 3 N–H and O–H groups in total. The maximum absolute atomic E-state index is 15.2. The summed E-state index contributed by atoms with van der Waals surface area (Å²) in [5.41, 5.74) is 5.73. The van der Waals surface area contributed by atoms with Crippen LogP contribution in [0.1, 0.15) is 44.4 Å². The van der Waals surface area contributed by atoms with Crippen molar-refractivity contribution < 1.29 is 18.7 Å². The van der Waals surface area contributed by atoms with Crippen molar-refractivity contribution in [1.82, 2.24) is 4.90 Å². The lowest BCUT2D eigenvalue weighted by Crippen LogP contribution is -2.49. The molecule has 3 atom stereocenters. The molecule has 0 saturated carbocycles. The number of aliphatic carboxylic acids is 1. The van der Waals surface area contributed by atoms with E-state index in [2.05, 4.69) is 0 Å². The minimum Gasteiger partial charge on any atom is -0.480 e. The Hall–Kier alpha value is -1.73. The van der Waals surface area contributed by atoms with Crippen LogP contribution in [0.4, 0.5) is 8.78 Å². The van der Waals surface area contributed by atoms with Crippen LogP contribution in [0.2, 0.25) is 10.0 Å². The summed E-state index contributed by atoms with van der Waals surface area (Å²) in [6.07, 6.45) is 0.570. The van der Waals surface area contributed by atoms with Gasteiger partial charge in [-0.15, -0.1) is 0 Å². The van der Waals surface area contributed by atoms with Gasteiger partial charge in [0.2, 0.25) is 0 Å². The fraction of sp³-hybridized carbons (Fsp3) is 0.435. The van der Waals surface area contributed by atoms with Crippen molar-refractivity contribution in [2.24, 2.45) is 17.1 Å². The number of nitrogens with two attached hydrogens (primary N) is 1. The Balaban J connectivity index is 2.28. The summed E-state index contributed by atoms with van der Waals surface area (Å²) < 4.78 is 30.4. The standard InChI is InChI=1S/C23H26Cl2F2N2O2/c1-22(2,3)10-13-11-29(12-19(30)31)21(15-5-4-6-17(25)20(15)27)23(13,28)16-8-7-14(24)9-18(16)26/h4-9,13,21H,10-12,28H2,1-3H3,(H,30,31)/t13-,21-,23+/m1/s1. The van der Waals surface area contributed by atoms with E-state index in [1.165, 1.54) is 30.3 Å². The molecule has 0 bridgehead atoms. The second kappa shape index (κ2) is 8.66. The molecule has 0 aliphatic carbocycles. The fourth-order valence-corrected chi connectivity index (χ4v) is 5.10. The number of carboxylic acids is 1. The molecule has 8 heteroatoms. The summed E-state index contributed by atoms with van der Waals surface area (Å²) in [4.78, 5) is 13.2. The zero-order chi connectivity index (χ0) is 23.1. The van der Waals surface area contributed by atoms with Gasteiger partial charge in [0.15, 0.2) is 0 Å². The second-order valence-corrected chi connectivity index (χ2v) is 10.2. The molecule has 168 valence electrons. The van der Waals surface area contributed by atoms with Crippen molar-refractivity contribution in [3.8, 4) is 0 Å². The topological polar surface area (TPSA) is 66.6 Å². The Kier molecular flexibility index (Phi) is 6.68. The monoisotopic (exact) mass is 470 g/mol. The SMILES string of the molecule is CC(C)(C)C[C@@H]1CN(CC(=O)O)[C@H](c2cccc(Cl)c2F)[C@@]1(N)c1ccc(Cl)cc1F. The van der Waals surface area contributed by atoms with Crippen LogP contribution in [0.15, 0.2) is 36.4 Å². The normalized spacial score (nSPS) is 24.5. The Morgan fingerprint density at radius 3 is 2.52 bits per heavy atom. The largest absolute Gasteiger partial charge is 0.480 e. The maximum atomic E-state index is 15.2. The fourth-order valence-electron chi connectivity index (χ4n) is 4.76. The highest BCUT2D eigenvalue weighted by Crippen LogP contribution is 2.53. The third-order valence-corrected chi connectivity index (χ3v) is 6.35. The van der Waals surface area contributed by atoms with Gasteiger partial charge in [0, 0.05) is 22.7 Å². The van der Waals surface area contributed by atoms with E-state index >= 15 is 8.78 Å². The van der Waals surface area contributed by atoms with Crippen LogP contribution >= 0.6 is 23.2 Å². The number of nitrogens with zero attached hydrogens (tertiary/aromatic N) is 1. The van der Waals surface area contributed by atoms with Crippen LogP contribution in [0.5, 0.6) is 0 Å². The van der Waals surface area contributed by atoms with Gasteiger partial charge in [0.05, 0.1) is 23.1 Å². The number of likely N-dealkylation sites (tertiary alicyclic amines) is 1. The molecule has 1 saturated heterocycles. The molecule has 0 spiro atoms. The Labute approximate surface area is 190 Å². The second-order valence-electron chi connectivity index (χ2n) is 9.39. The van der Waals surface area contributed by atoms with Crippen molar-refractivity contribution in [2.45, 2.75) is 38.8 Å². The van der Waals surface area contributed by atoms with Crippen molar-refractivity contribution in [2.75, 3.05) is 13.1 Å². The molecule has 0 unspecified atom stereocenters. The molecule has 1 aliphatic heterocycles. The molecular formula is C23H26Cl2F2N2O2. The van der Waals surface area contributed by atoms with E-state index < -0.39 is 29.2 Å². The van der Waals surface area contributed by atoms with Gasteiger partial charge in [-0.3, -0.25) is 9.69 Å². The summed E-state index contributed by atoms with van der Waals surface area (Å²) >= 11 is 12.0. The summed E-state index contributed by atoms with van der Waals surface area (Å²) in [5, 5.41) is 9.62. The molecule has 1 aliphatic rings. The van der Waals surface area contributed by atoms with E-state index in [1.54, 1.807) is 11.0 Å². The molecule has 0 radical (unpaired) electrons. The highest BCUT2D eigenvalue weighted by atomic mass is 35.5. The average Bonchev–Trinajstić information content (AvgIpc) is 2.87.